The third-order valence-electron chi connectivity index (χ3n) is 3.27. The van der Waals surface area contributed by atoms with Gasteiger partial charge in [-0.3, -0.25) is 4.79 Å². The second-order valence-corrected chi connectivity index (χ2v) is 7.33. The minimum absolute atomic E-state index is 0.0712. The number of hydrogen-bond donors (Lipinski definition) is 1. The summed E-state index contributed by atoms with van der Waals surface area (Å²) in [5, 5.41) is 2.76. The molecule has 0 fully saturated rings. The first-order chi connectivity index (χ1) is 10.8. The third-order valence-corrected chi connectivity index (χ3v) is 4.52. The number of rotatable bonds is 7. The van der Waals surface area contributed by atoms with Gasteiger partial charge in [0.15, 0.2) is 0 Å². The van der Waals surface area contributed by atoms with E-state index in [1.807, 2.05) is 25.1 Å². The van der Waals surface area contributed by atoms with Crippen molar-refractivity contribution in [2.75, 3.05) is 18.1 Å². The molecular weight excluding hydrogens is 316 g/mol. The van der Waals surface area contributed by atoms with Crippen molar-refractivity contribution in [3.63, 3.8) is 0 Å². The van der Waals surface area contributed by atoms with Gasteiger partial charge in [-0.15, -0.1) is 0 Å². The lowest BCUT2D eigenvalue weighted by molar-refractivity contribution is -0.116. The maximum absolute atomic E-state index is 12.0. The van der Waals surface area contributed by atoms with Crippen molar-refractivity contribution >= 4 is 21.6 Å². The number of amides is 1. The van der Waals surface area contributed by atoms with E-state index in [1.54, 1.807) is 18.2 Å². The summed E-state index contributed by atoms with van der Waals surface area (Å²) in [6.07, 6.45) is 2.68. The average molecular weight is 336 g/mol. The number of nitrogens with one attached hydrogen (secondary N) is 1. The molecular formula is C16H20N2O4S. The third kappa shape index (κ3) is 5.54. The average Bonchev–Trinajstić information content (AvgIpc) is 2.95. The molecule has 0 saturated carbocycles. The standard InChI is InChI=1S/C16H20N2O4S/c1-13-5-3-6-14(11-13)17-16(19)8-9-18(23(2,20)21)12-15-7-4-10-22-15/h3-7,10-11H,8-9,12H2,1-2H3,(H,17,19). The molecule has 1 amide bonds. The quantitative estimate of drug-likeness (QED) is 0.842. The summed E-state index contributed by atoms with van der Waals surface area (Å²) in [6.45, 7) is 2.14. The summed E-state index contributed by atoms with van der Waals surface area (Å²) in [7, 11) is -3.42. The van der Waals surface area contributed by atoms with Crippen LogP contribution in [-0.2, 0) is 21.4 Å². The van der Waals surface area contributed by atoms with Crippen LogP contribution in [0.5, 0.6) is 0 Å². The maximum Gasteiger partial charge on any atom is 0.225 e. The number of carbonyl (C=O) groups excluding carboxylic acids is 1. The minimum atomic E-state index is -3.42. The molecule has 7 heteroatoms. The van der Waals surface area contributed by atoms with Gasteiger partial charge in [-0.25, -0.2) is 8.42 Å². The van der Waals surface area contributed by atoms with Gasteiger partial charge >= 0.3 is 0 Å². The van der Waals surface area contributed by atoms with Crippen molar-refractivity contribution in [2.24, 2.45) is 0 Å². The fraction of sp³-hybridized carbons (Fsp3) is 0.312. The topological polar surface area (TPSA) is 79.6 Å². The summed E-state index contributed by atoms with van der Waals surface area (Å²) >= 11 is 0. The molecule has 0 aliphatic carbocycles. The zero-order valence-electron chi connectivity index (χ0n) is 13.2. The first-order valence-corrected chi connectivity index (χ1v) is 9.03. The Balaban J connectivity index is 1.94. The first-order valence-electron chi connectivity index (χ1n) is 7.18. The van der Waals surface area contributed by atoms with Crippen LogP contribution in [0.15, 0.2) is 47.1 Å². The predicted molar refractivity (Wildman–Crippen MR) is 88.4 cm³/mol. The summed E-state index contributed by atoms with van der Waals surface area (Å²) < 4.78 is 30.0. The van der Waals surface area contributed by atoms with E-state index in [4.69, 9.17) is 4.42 Å². The molecule has 0 radical (unpaired) electrons. The normalized spacial score (nSPS) is 11.6. The highest BCUT2D eigenvalue weighted by molar-refractivity contribution is 7.88. The lowest BCUT2D eigenvalue weighted by atomic mass is 10.2. The maximum atomic E-state index is 12.0. The fourth-order valence-electron chi connectivity index (χ4n) is 2.11. The van der Waals surface area contributed by atoms with Gasteiger partial charge in [-0.05, 0) is 36.8 Å². The van der Waals surface area contributed by atoms with Gasteiger partial charge in [0, 0.05) is 18.7 Å². The molecule has 0 bridgehead atoms. The minimum Gasteiger partial charge on any atom is -0.468 e. The van der Waals surface area contributed by atoms with Crippen molar-refractivity contribution in [1.29, 1.82) is 0 Å². The molecule has 2 aromatic rings. The second-order valence-electron chi connectivity index (χ2n) is 5.34. The Morgan fingerprint density at radius 3 is 2.65 bits per heavy atom. The van der Waals surface area contributed by atoms with Gasteiger partial charge in [0.05, 0.1) is 19.1 Å². The Morgan fingerprint density at radius 2 is 2.04 bits per heavy atom. The molecule has 1 aromatic carbocycles. The van der Waals surface area contributed by atoms with Crippen molar-refractivity contribution in [2.45, 2.75) is 19.9 Å². The Bertz CT molecular complexity index is 754. The SMILES string of the molecule is Cc1cccc(NC(=O)CCN(Cc2ccco2)S(C)(=O)=O)c1. The van der Waals surface area contributed by atoms with Crippen LogP contribution >= 0.6 is 0 Å². The van der Waals surface area contributed by atoms with Crippen LogP contribution in [0, 0.1) is 6.92 Å². The number of benzene rings is 1. The number of sulfonamides is 1. The van der Waals surface area contributed by atoms with E-state index in [1.165, 1.54) is 10.6 Å². The van der Waals surface area contributed by atoms with Crippen LogP contribution in [0.1, 0.15) is 17.7 Å². The van der Waals surface area contributed by atoms with Crippen molar-refractivity contribution in [3.8, 4) is 0 Å². The fourth-order valence-corrected chi connectivity index (χ4v) is 2.90. The predicted octanol–water partition coefficient (Wildman–Crippen LogP) is 2.38. The number of furan rings is 1. The lowest BCUT2D eigenvalue weighted by Crippen LogP contribution is -2.32. The Hall–Kier alpha value is -2.12. The zero-order chi connectivity index (χ0) is 16.9. The van der Waals surface area contributed by atoms with E-state index in [0.29, 0.717) is 11.4 Å². The van der Waals surface area contributed by atoms with E-state index >= 15 is 0 Å². The molecule has 6 nitrogen and oxygen atoms in total. The number of nitrogens with zero attached hydrogens (tertiary/aromatic N) is 1. The Morgan fingerprint density at radius 1 is 1.26 bits per heavy atom. The molecule has 0 saturated heterocycles. The zero-order valence-corrected chi connectivity index (χ0v) is 14.0. The monoisotopic (exact) mass is 336 g/mol. The van der Waals surface area contributed by atoms with Gasteiger partial charge in [-0.1, -0.05) is 12.1 Å². The highest BCUT2D eigenvalue weighted by Gasteiger charge is 2.19. The van der Waals surface area contributed by atoms with Gasteiger partial charge < -0.3 is 9.73 Å². The molecule has 124 valence electrons. The van der Waals surface area contributed by atoms with Crippen LogP contribution in [0.4, 0.5) is 5.69 Å². The van der Waals surface area contributed by atoms with E-state index < -0.39 is 10.0 Å². The van der Waals surface area contributed by atoms with E-state index in [0.717, 1.165) is 11.8 Å². The van der Waals surface area contributed by atoms with Crippen LogP contribution in [0.3, 0.4) is 0 Å². The lowest BCUT2D eigenvalue weighted by Gasteiger charge is -2.18. The molecule has 1 aromatic heterocycles. The molecule has 0 spiro atoms. The van der Waals surface area contributed by atoms with E-state index in [9.17, 15) is 13.2 Å². The van der Waals surface area contributed by atoms with Crippen molar-refractivity contribution in [1.82, 2.24) is 4.31 Å². The Labute approximate surface area is 136 Å². The number of aryl methyl sites for hydroxylation is 1. The van der Waals surface area contributed by atoms with Gasteiger partial charge in [0.25, 0.3) is 0 Å². The molecule has 23 heavy (non-hydrogen) atoms. The molecule has 0 aliphatic rings. The van der Waals surface area contributed by atoms with E-state index in [-0.39, 0.29) is 25.4 Å². The molecule has 0 atom stereocenters. The summed E-state index contributed by atoms with van der Waals surface area (Å²) in [4.78, 5) is 12.0. The summed E-state index contributed by atoms with van der Waals surface area (Å²) in [6, 6.07) is 10.8. The Kier molecular flexibility index (Phi) is 5.57. The highest BCUT2D eigenvalue weighted by Crippen LogP contribution is 2.12. The summed E-state index contributed by atoms with van der Waals surface area (Å²) in [5.41, 5.74) is 1.74. The van der Waals surface area contributed by atoms with Crippen LogP contribution in [0.2, 0.25) is 0 Å². The van der Waals surface area contributed by atoms with Crippen molar-refractivity contribution in [3.05, 3.63) is 54.0 Å². The largest absolute Gasteiger partial charge is 0.468 e. The van der Waals surface area contributed by atoms with Crippen molar-refractivity contribution < 1.29 is 17.6 Å². The smallest absolute Gasteiger partial charge is 0.225 e. The molecule has 1 N–H and O–H groups in total. The first kappa shape index (κ1) is 17.2. The molecule has 1 heterocycles. The van der Waals surface area contributed by atoms with Gasteiger partial charge in [-0.2, -0.15) is 4.31 Å². The van der Waals surface area contributed by atoms with Crippen LogP contribution < -0.4 is 5.32 Å². The van der Waals surface area contributed by atoms with Crippen LogP contribution in [-0.4, -0.2) is 31.4 Å². The number of anilines is 1. The highest BCUT2D eigenvalue weighted by atomic mass is 32.2. The van der Waals surface area contributed by atoms with E-state index in [2.05, 4.69) is 5.32 Å². The number of carbonyl (C=O) groups is 1. The molecule has 0 aliphatic heterocycles. The van der Waals surface area contributed by atoms with Gasteiger partial charge in [0.1, 0.15) is 5.76 Å². The second kappa shape index (κ2) is 7.43. The molecule has 0 unspecified atom stereocenters. The van der Waals surface area contributed by atoms with Gasteiger partial charge in [0.2, 0.25) is 15.9 Å². The molecule has 2 rings (SSSR count). The van der Waals surface area contributed by atoms with Crippen LogP contribution in [0.25, 0.3) is 0 Å². The number of hydrogen-bond acceptors (Lipinski definition) is 4. The summed E-state index contributed by atoms with van der Waals surface area (Å²) in [5.74, 6) is 0.304.